The maximum Gasteiger partial charge on any atom is 0.160 e. The molecule has 0 aliphatic heterocycles. The largest absolute Gasteiger partial charge is 0.508 e. The minimum Gasteiger partial charge on any atom is -0.508 e. The van der Waals surface area contributed by atoms with Crippen molar-refractivity contribution in [3.63, 3.8) is 0 Å². The summed E-state index contributed by atoms with van der Waals surface area (Å²) in [5, 5.41) is 18.0. The summed E-state index contributed by atoms with van der Waals surface area (Å²) in [5.74, 6) is 1.08. The molecule has 0 aliphatic carbocycles. The highest BCUT2D eigenvalue weighted by molar-refractivity contribution is 5.41. The first-order valence-corrected chi connectivity index (χ1v) is 5.62. The van der Waals surface area contributed by atoms with Crippen LogP contribution in [0.2, 0.25) is 0 Å². The zero-order chi connectivity index (χ0) is 13.5. The van der Waals surface area contributed by atoms with E-state index in [9.17, 15) is 0 Å². The third-order valence-corrected chi connectivity index (χ3v) is 2.45. The minimum atomic E-state index is 0.188. The van der Waals surface area contributed by atoms with E-state index in [4.69, 9.17) is 14.9 Å². The lowest BCUT2D eigenvalue weighted by molar-refractivity contribution is 0.373. The van der Waals surface area contributed by atoms with Crippen molar-refractivity contribution in [2.75, 3.05) is 7.11 Å². The van der Waals surface area contributed by atoms with Crippen LogP contribution < -0.4 is 4.74 Å². The van der Waals surface area contributed by atoms with Crippen LogP contribution in [0, 0.1) is 13.8 Å². The van der Waals surface area contributed by atoms with E-state index >= 15 is 0 Å². The summed E-state index contributed by atoms with van der Waals surface area (Å²) in [6.45, 7) is 3.82. The molecule has 0 aliphatic rings. The molecule has 0 unspecified atom stereocenters. The van der Waals surface area contributed by atoms with E-state index in [1.54, 1.807) is 18.2 Å². The molecule has 2 aromatic carbocycles. The number of aryl methyl sites for hydroxylation is 2. The molecule has 18 heavy (non-hydrogen) atoms. The molecule has 0 saturated carbocycles. The van der Waals surface area contributed by atoms with Crippen molar-refractivity contribution >= 4 is 0 Å². The van der Waals surface area contributed by atoms with Crippen molar-refractivity contribution in [2.45, 2.75) is 13.8 Å². The maximum absolute atomic E-state index is 9.11. The highest BCUT2D eigenvalue weighted by Gasteiger charge is 1.97. The molecule has 0 atom stereocenters. The van der Waals surface area contributed by atoms with Gasteiger partial charge in [-0.1, -0.05) is 24.3 Å². The number of hydrogen-bond acceptors (Lipinski definition) is 3. The van der Waals surface area contributed by atoms with Crippen molar-refractivity contribution in [3.8, 4) is 17.2 Å². The summed E-state index contributed by atoms with van der Waals surface area (Å²) in [6.07, 6.45) is 0. The van der Waals surface area contributed by atoms with Gasteiger partial charge in [-0.3, -0.25) is 0 Å². The van der Waals surface area contributed by atoms with Gasteiger partial charge in [0.2, 0.25) is 0 Å². The van der Waals surface area contributed by atoms with Gasteiger partial charge in [0.1, 0.15) is 5.75 Å². The molecule has 0 fully saturated rings. The molecule has 0 spiro atoms. The molecule has 96 valence electrons. The summed E-state index contributed by atoms with van der Waals surface area (Å²) in [5.41, 5.74) is 2.00. The van der Waals surface area contributed by atoms with Crippen LogP contribution in [-0.2, 0) is 0 Å². The SMILES string of the molecule is COc1cc(C)ccc1O.Cc1ccccc1O. The van der Waals surface area contributed by atoms with Crippen LogP contribution in [0.5, 0.6) is 17.2 Å². The molecule has 0 saturated heterocycles. The second-order valence-corrected chi connectivity index (χ2v) is 3.96. The predicted octanol–water partition coefficient (Wildman–Crippen LogP) is 3.41. The standard InChI is InChI=1S/C8H10O2.C7H8O/c1-6-3-4-7(9)8(5-6)10-2;1-6-4-2-3-5-7(6)8/h3-5,9H,1-2H3;2-5,8H,1H3. The quantitative estimate of drug-likeness (QED) is 0.810. The number of ether oxygens (including phenoxy) is 1. The first kappa shape index (κ1) is 13.9. The van der Waals surface area contributed by atoms with Crippen molar-refractivity contribution in [1.29, 1.82) is 0 Å². The number of aromatic hydroxyl groups is 2. The van der Waals surface area contributed by atoms with Crippen LogP contribution in [0.15, 0.2) is 42.5 Å². The van der Waals surface area contributed by atoms with Crippen molar-refractivity contribution < 1.29 is 14.9 Å². The zero-order valence-electron chi connectivity index (χ0n) is 10.8. The predicted molar refractivity (Wildman–Crippen MR) is 72.2 cm³/mol. The van der Waals surface area contributed by atoms with Gasteiger partial charge >= 0.3 is 0 Å². The summed E-state index contributed by atoms with van der Waals surface area (Å²) >= 11 is 0. The van der Waals surface area contributed by atoms with E-state index in [1.165, 1.54) is 7.11 Å². The molecule has 2 N–H and O–H groups in total. The van der Waals surface area contributed by atoms with Crippen LogP contribution in [0.4, 0.5) is 0 Å². The number of hydrogen-bond donors (Lipinski definition) is 2. The van der Waals surface area contributed by atoms with E-state index in [0.717, 1.165) is 11.1 Å². The highest BCUT2D eigenvalue weighted by Crippen LogP contribution is 2.25. The minimum absolute atomic E-state index is 0.188. The van der Waals surface area contributed by atoms with Crippen LogP contribution in [0.25, 0.3) is 0 Å². The fraction of sp³-hybridized carbons (Fsp3) is 0.200. The molecule has 2 rings (SSSR count). The monoisotopic (exact) mass is 246 g/mol. The molecule has 3 heteroatoms. The smallest absolute Gasteiger partial charge is 0.160 e. The lowest BCUT2D eigenvalue weighted by Crippen LogP contribution is -1.83. The first-order valence-electron chi connectivity index (χ1n) is 5.62. The van der Waals surface area contributed by atoms with Gasteiger partial charge in [0, 0.05) is 0 Å². The second kappa shape index (κ2) is 6.55. The average molecular weight is 246 g/mol. The van der Waals surface area contributed by atoms with Gasteiger partial charge in [0.05, 0.1) is 7.11 Å². The van der Waals surface area contributed by atoms with Gasteiger partial charge in [-0.15, -0.1) is 0 Å². The van der Waals surface area contributed by atoms with Crippen LogP contribution in [-0.4, -0.2) is 17.3 Å². The zero-order valence-corrected chi connectivity index (χ0v) is 10.8. The molecule has 0 aromatic heterocycles. The number of benzene rings is 2. The lowest BCUT2D eigenvalue weighted by Gasteiger charge is -2.02. The Labute approximate surface area is 107 Å². The summed E-state index contributed by atoms with van der Waals surface area (Å²) < 4.78 is 4.88. The fourth-order valence-electron chi connectivity index (χ4n) is 1.35. The van der Waals surface area contributed by atoms with Gasteiger partial charge in [0.15, 0.2) is 11.5 Å². The summed E-state index contributed by atoms with van der Waals surface area (Å²) in [4.78, 5) is 0. The molecule has 2 aromatic rings. The Bertz CT molecular complexity index is 486. The van der Waals surface area contributed by atoms with Crippen molar-refractivity contribution in [2.24, 2.45) is 0 Å². The maximum atomic E-state index is 9.11. The van der Waals surface area contributed by atoms with Crippen LogP contribution in [0.3, 0.4) is 0 Å². The van der Waals surface area contributed by atoms with Gasteiger partial charge in [-0.25, -0.2) is 0 Å². The molecule has 0 radical (unpaired) electrons. The van der Waals surface area contributed by atoms with Crippen LogP contribution in [0.1, 0.15) is 11.1 Å². The lowest BCUT2D eigenvalue weighted by atomic mass is 10.2. The average Bonchev–Trinajstić information content (AvgIpc) is 2.37. The summed E-state index contributed by atoms with van der Waals surface area (Å²) in [7, 11) is 1.54. The third kappa shape index (κ3) is 4.01. The molecule has 0 bridgehead atoms. The first-order chi connectivity index (χ1) is 8.54. The molecule has 3 nitrogen and oxygen atoms in total. The van der Waals surface area contributed by atoms with E-state index in [2.05, 4.69) is 0 Å². The van der Waals surface area contributed by atoms with Gasteiger partial charge in [-0.05, 0) is 43.2 Å². The second-order valence-electron chi connectivity index (χ2n) is 3.96. The molecular weight excluding hydrogens is 228 g/mol. The van der Waals surface area contributed by atoms with Crippen LogP contribution >= 0.6 is 0 Å². The van der Waals surface area contributed by atoms with E-state index in [-0.39, 0.29) is 5.75 Å². The number of rotatable bonds is 1. The van der Waals surface area contributed by atoms with Crippen molar-refractivity contribution in [1.82, 2.24) is 0 Å². The Balaban J connectivity index is 0.000000184. The Morgan fingerprint density at radius 2 is 1.56 bits per heavy atom. The number of phenols is 2. The van der Waals surface area contributed by atoms with E-state index < -0.39 is 0 Å². The van der Waals surface area contributed by atoms with Gasteiger partial charge in [-0.2, -0.15) is 0 Å². The van der Waals surface area contributed by atoms with Gasteiger partial charge in [0.25, 0.3) is 0 Å². The van der Waals surface area contributed by atoms with Gasteiger partial charge < -0.3 is 14.9 Å². The molecule has 0 amide bonds. The number of phenolic OH excluding ortho intramolecular Hbond substituents is 2. The molecule has 0 heterocycles. The van der Waals surface area contributed by atoms with E-state index in [0.29, 0.717) is 11.5 Å². The Hall–Kier alpha value is -2.16. The highest BCUT2D eigenvalue weighted by atomic mass is 16.5. The normalized spacial score (nSPS) is 9.28. The number of methoxy groups -OCH3 is 1. The fourth-order valence-corrected chi connectivity index (χ4v) is 1.35. The molecular formula is C15H18O3. The topological polar surface area (TPSA) is 49.7 Å². The van der Waals surface area contributed by atoms with Crippen molar-refractivity contribution in [3.05, 3.63) is 53.6 Å². The Morgan fingerprint density at radius 3 is 2.00 bits per heavy atom. The third-order valence-electron chi connectivity index (χ3n) is 2.45. The Kier molecular flexibility index (Phi) is 5.06. The van der Waals surface area contributed by atoms with E-state index in [1.807, 2.05) is 38.1 Å². The number of para-hydroxylation sites is 1. The summed E-state index contributed by atoms with van der Waals surface area (Å²) in [6, 6.07) is 12.5. The Morgan fingerprint density at radius 1 is 0.889 bits per heavy atom.